The maximum absolute atomic E-state index is 5.99. The molecule has 2 rings (SSSR count). The van der Waals surface area contributed by atoms with E-state index < -0.39 is 0 Å². The molecule has 1 fully saturated rings. The number of hydrogen-bond acceptors (Lipinski definition) is 3. The van der Waals surface area contributed by atoms with Crippen molar-refractivity contribution < 1.29 is 0 Å². The summed E-state index contributed by atoms with van der Waals surface area (Å²) >= 11 is 3.66. The summed E-state index contributed by atoms with van der Waals surface area (Å²) in [6, 6.07) is 0.171. The molecule has 1 unspecified atom stereocenters. The first-order valence-corrected chi connectivity index (χ1v) is 8.50. The summed E-state index contributed by atoms with van der Waals surface area (Å²) < 4.78 is 3.13. The Morgan fingerprint density at radius 1 is 1.45 bits per heavy atom. The average Bonchev–Trinajstić information content (AvgIpc) is 2.99. The van der Waals surface area contributed by atoms with E-state index in [1.807, 2.05) is 6.20 Å². The summed E-state index contributed by atoms with van der Waals surface area (Å²) in [5, 5.41) is 4.46. The van der Waals surface area contributed by atoms with Gasteiger partial charge in [0.2, 0.25) is 0 Å². The van der Waals surface area contributed by atoms with Gasteiger partial charge in [0.1, 0.15) is 0 Å². The van der Waals surface area contributed by atoms with E-state index in [4.69, 9.17) is 5.84 Å². The highest BCUT2D eigenvalue weighted by Crippen LogP contribution is 2.52. The highest BCUT2D eigenvalue weighted by Gasteiger charge is 2.43. The molecule has 0 amide bonds. The van der Waals surface area contributed by atoms with Crippen molar-refractivity contribution in [2.45, 2.75) is 65.5 Å². The maximum Gasteiger partial charge on any atom is 0.0714 e. The zero-order valence-corrected chi connectivity index (χ0v) is 14.4. The lowest BCUT2D eigenvalue weighted by Crippen LogP contribution is -2.42. The number of nitrogens with one attached hydrogen (secondary N) is 1. The van der Waals surface area contributed by atoms with E-state index in [1.165, 1.54) is 37.8 Å². The fourth-order valence-electron chi connectivity index (χ4n) is 3.96. The van der Waals surface area contributed by atoms with E-state index in [2.05, 4.69) is 51.9 Å². The molecule has 1 aliphatic carbocycles. The van der Waals surface area contributed by atoms with E-state index in [-0.39, 0.29) is 11.5 Å². The number of aromatic nitrogens is 2. The van der Waals surface area contributed by atoms with Crippen LogP contribution in [-0.2, 0) is 6.54 Å². The Morgan fingerprint density at radius 2 is 2.10 bits per heavy atom. The molecule has 1 heterocycles. The van der Waals surface area contributed by atoms with E-state index in [0.717, 1.165) is 11.0 Å². The number of rotatable bonds is 6. The molecule has 1 atom stereocenters. The molecule has 1 saturated carbocycles. The van der Waals surface area contributed by atoms with Crippen LogP contribution >= 0.6 is 15.9 Å². The lowest BCUT2D eigenvalue weighted by molar-refractivity contribution is 0.148. The van der Waals surface area contributed by atoms with Crippen molar-refractivity contribution in [1.29, 1.82) is 0 Å². The summed E-state index contributed by atoms with van der Waals surface area (Å²) in [5.74, 6) is 6.67. The van der Waals surface area contributed by atoms with Gasteiger partial charge in [0.05, 0.1) is 22.4 Å². The molecule has 5 heteroatoms. The van der Waals surface area contributed by atoms with Gasteiger partial charge in [-0.3, -0.25) is 16.0 Å². The van der Waals surface area contributed by atoms with Crippen LogP contribution in [-0.4, -0.2) is 9.78 Å². The van der Waals surface area contributed by atoms with Crippen molar-refractivity contribution in [2.75, 3.05) is 0 Å². The lowest BCUT2D eigenvalue weighted by atomic mass is 9.71. The minimum Gasteiger partial charge on any atom is -0.271 e. The van der Waals surface area contributed by atoms with Gasteiger partial charge in [-0.2, -0.15) is 5.10 Å². The molecule has 1 aliphatic rings. The number of hydrazine groups is 1. The van der Waals surface area contributed by atoms with Crippen molar-refractivity contribution in [3.05, 3.63) is 16.4 Å². The monoisotopic (exact) mass is 342 g/mol. The van der Waals surface area contributed by atoms with E-state index in [0.29, 0.717) is 5.92 Å². The molecule has 4 nitrogen and oxygen atoms in total. The first kappa shape index (κ1) is 16.0. The molecule has 20 heavy (non-hydrogen) atoms. The molecule has 0 bridgehead atoms. The van der Waals surface area contributed by atoms with Gasteiger partial charge in [-0.15, -0.1) is 0 Å². The number of nitrogens with two attached hydrogens (primary N) is 1. The third-order valence-electron chi connectivity index (χ3n) is 4.60. The molecular weight excluding hydrogens is 316 g/mol. The summed E-state index contributed by atoms with van der Waals surface area (Å²) in [6.07, 6.45) is 8.22. The van der Waals surface area contributed by atoms with Crippen molar-refractivity contribution in [1.82, 2.24) is 15.2 Å². The van der Waals surface area contributed by atoms with Crippen LogP contribution in [0.2, 0.25) is 0 Å². The topological polar surface area (TPSA) is 55.9 Å². The Kier molecular flexibility index (Phi) is 5.26. The second-order valence-electron chi connectivity index (χ2n) is 6.46. The van der Waals surface area contributed by atoms with Crippen molar-refractivity contribution in [2.24, 2.45) is 17.2 Å². The quantitative estimate of drug-likeness (QED) is 0.611. The highest BCUT2D eigenvalue weighted by molar-refractivity contribution is 9.10. The van der Waals surface area contributed by atoms with Crippen LogP contribution in [0.1, 0.15) is 64.6 Å². The van der Waals surface area contributed by atoms with Crippen molar-refractivity contribution in [3.63, 3.8) is 0 Å². The second-order valence-corrected chi connectivity index (χ2v) is 7.31. The molecule has 1 aromatic heterocycles. The number of nitrogens with zero attached hydrogens (tertiary/aromatic N) is 2. The second kappa shape index (κ2) is 6.58. The summed E-state index contributed by atoms with van der Waals surface area (Å²) in [4.78, 5) is 0. The molecule has 0 saturated heterocycles. The molecule has 114 valence electrons. The Balaban J connectivity index is 2.40. The Morgan fingerprint density at radius 3 is 2.60 bits per heavy atom. The summed E-state index contributed by atoms with van der Waals surface area (Å²) in [5.41, 5.74) is 4.59. The standard InChI is InChI=1S/C15H27BrN4/c1-4-20-13(12(16)10-18-20)14(19-17)15(9-11(2)3)7-5-6-8-15/h10-11,14,19H,4-9,17H2,1-3H3. The largest absolute Gasteiger partial charge is 0.271 e. The highest BCUT2D eigenvalue weighted by atomic mass is 79.9. The van der Waals surface area contributed by atoms with Crippen LogP contribution < -0.4 is 11.3 Å². The van der Waals surface area contributed by atoms with Gasteiger partial charge in [0.15, 0.2) is 0 Å². The predicted molar refractivity (Wildman–Crippen MR) is 86.0 cm³/mol. The molecule has 0 radical (unpaired) electrons. The fourth-order valence-corrected chi connectivity index (χ4v) is 4.48. The van der Waals surface area contributed by atoms with E-state index in [1.54, 1.807) is 0 Å². The summed E-state index contributed by atoms with van der Waals surface area (Å²) in [7, 11) is 0. The molecular formula is C15H27BrN4. The van der Waals surface area contributed by atoms with Crippen LogP contribution in [0.4, 0.5) is 0 Å². The lowest BCUT2D eigenvalue weighted by Gasteiger charge is -2.39. The zero-order chi connectivity index (χ0) is 14.8. The van der Waals surface area contributed by atoms with E-state index >= 15 is 0 Å². The van der Waals surface area contributed by atoms with Gasteiger partial charge >= 0.3 is 0 Å². The molecule has 0 spiro atoms. The summed E-state index contributed by atoms with van der Waals surface area (Å²) in [6.45, 7) is 7.61. The Bertz CT molecular complexity index is 435. The van der Waals surface area contributed by atoms with Crippen LogP contribution in [0, 0.1) is 11.3 Å². The van der Waals surface area contributed by atoms with Crippen molar-refractivity contribution >= 4 is 15.9 Å². The Labute approximate surface area is 130 Å². The van der Waals surface area contributed by atoms with Crippen molar-refractivity contribution in [3.8, 4) is 0 Å². The normalized spacial score (nSPS) is 19.7. The van der Waals surface area contributed by atoms with Gasteiger partial charge in [0, 0.05) is 6.54 Å². The maximum atomic E-state index is 5.99. The third kappa shape index (κ3) is 2.95. The molecule has 3 N–H and O–H groups in total. The molecule has 1 aromatic rings. The number of hydrogen-bond donors (Lipinski definition) is 2. The first-order chi connectivity index (χ1) is 9.54. The number of halogens is 1. The van der Waals surface area contributed by atoms with Gasteiger partial charge in [-0.1, -0.05) is 26.7 Å². The van der Waals surface area contributed by atoms with E-state index in [9.17, 15) is 0 Å². The van der Waals surface area contributed by atoms with Gasteiger partial charge in [-0.25, -0.2) is 0 Å². The fraction of sp³-hybridized carbons (Fsp3) is 0.800. The molecule has 0 aromatic carbocycles. The zero-order valence-electron chi connectivity index (χ0n) is 12.8. The van der Waals surface area contributed by atoms with Crippen LogP contribution in [0.3, 0.4) is 0 Å². The minimum absolute atomic E-state index is 0.171. The molecule has 0 aliphatic heterocycles. The number of aryl methyl sites for hydroxylation is 1. The van der Waals surface area contributed by atoms with Gasteiger partial charge < -0.3 is 0 Å². The third-order valence-corrected chi connectivity index (χ3v) is 5.21. The van der Waals surface area contributed by atoms with Gasteiger partial charge in [-0.05, 0) is 53.4 Å². The minimum atomic E-state index is 0.171. The van der Waals surface area contributed by atoms with Crippen LogP contribution in [0.15, 0.2) is 10.7 Å². The van der Waals surface area contributed by atoms with Gasteiger partial charge in [0.25, 0.3) is 0 Å². The van der Waals surface area contributed by atoms with Crippen LogP contribution in [0.25, 0.3) is 0 Å². The smallest absolute Gasteiger partial charge is 0.0714 e. The van der Waals surface area contributed by atoms with Crippen LogP contribution in [0.5, 0.6) is 0 Å². The first-order valence-electron chi connectivity index (χ1n) is 7.71. The SMILES string of the molecule is CCn1ncc(Br)c1C(NN)C1(CC(C)C)CCCC1. The predicted octanol–water partition coefficient (Wildman–Crippen LogP) is 3.78. The Hall–Kier alpha value is -0.390. The average molecular weight is 343 g/mol.